The predicted molar refractivity (Wildman–Crippen MR) is 78.1 cm³/mol. The van der Waals surface area contributed by atoms with E-state index in [2.05, 4.69) is 17.9 Å². The first-order chi connectivity index (χ1) is 10.4. The van der Waals surface area contributed by atoms with Crippen molar-refractivity contribution in [2.45, 2.75) is 32.1 Å². The molecule has 0 aromatic heterocycles. The van der Waals surface area contributed by atoms with Gasteiger partial charge in [0.05, 0.1) is 11.6 Å². The average Bonchev–Trinajstić information content (AvgIpc) is 2.49. The molecule has 1 aromatic rings. The molecule has 1 aliphatic rings. The molecule has 0 spiro atoms. The highest BCUT2D eigenvalue weighted by Gasteiger charge is 2.33. The number of nitriles is 1. The minimum absolute atomic E-state index is 0.132. The molecule has 0 saturated carbocycles. The zero-order valence-corrected chi connectivity index (χ0v) is 12.8. The molecule has 1 fully saturated rings. The molecule has 1 aromatic carbocycles. The zero-order valence-electron chi connectivity index (χ0n) is 12.8. The maximum Gasteiger partial charge on any atom is 0.416 e. The third kappa shape index (κ3) is 3.60. The van der Waals surface area contributed by atoms with Crippen LogP contribution in [0, 0.1) is 11.3 Å². The summed E-state index contributed by atoms with van der Waals surface area (Å²) in [5, 5.41) is 9.48. The number of halogens is 3. The molecule has 6 heteroatoms. The van der Waals surface area contributed by atoms with Gasteiger partial charge < -0.3 is 4.90 Å². The summed E-state index contributed by atoms with van der Waals surface area (Å²) in [6.45, 7) is 7.38. The first-order valence-corrected chi connectivity index (χ1v) is 7.41. The van der Waals surface area contributed by atoms with E-state index in [0.717, 1.165) is 31.8 Å². The highest BCUT2D eigenvalue weighted by molar-refractivity contribution is 5.31. The summed E-state index contributed by atoms with van der Waals surface area (Å²) < 4.78 is 38.5. The van der Waals surface area contributed by atoms with E-state index in [1.807, 2.05) is 11.8 Å². The largest absolute Gasteiger partial charge is 0.416 e. The molecule has 0 bridgehead atoms. The van der Waals surface area contributed by atoms with Crippen LogP contribution in [0.25, 0.3) is 0 Å². The predicted octanol–water partition coefficient (Wildman–Crippen LogP) is 3.30. The van der Waals surface area contributed by atoms with Crippen molar-refractivity contribution in [2.24, 2.45) is 0 Å². The van der Waals surface area contributed by atoms with Gasteiger partial charge >= 0.3 is 6.18 Å². The van der Waals surface area contributed by atoms with Crippen molar-refractivity contribution in [3.63, 3.8) is 0 Å². The molecule has 1 saturated heterocycles. The van der Waals surface area contributed by atoms with Crippen LogP contribution < -0.4 is 0 Å². The van der Waals surface area contributed by atoms with Crippen LogP contribution in [-0.2, 0) is 6.18 Å². The minimum atomic E-state index is -4.39. The number of benzene rings is 1. The Morgan fingerprint density at radius 2 is 2.09 bits per heavy atom. The van der Waals surface area contributed by atoms with Crippen LogP contribution in [-0.4, -0.2) is 42.0 Å². The molecule has 2 rings (SSSR count). The van der Waals surface area contributed by atoms with Crippen LogP contribution in [0.1, 0.15) is 31.0 Å². The van der Waals surface area contributed by atoms with E-state index < -0.39 is 17.8 Å². The Morgan fingerprint density at radius 1 is 1.36 bits per heavy atom. The number of hydrogen-bond acceptors (Lipinski definition) is 3. The number of piperazine rings is 1. The maximum absolute atomic E-state index is 12.8. The van der Waals surface area contributed by atoms with Crippen LogP contribution in [0.2, 0.25) is 0 Å². The lowest BCUT2D eigenvalue weighted by Gasteiger charge is -2.41. The van der Waals surface area contributed by atoms with Crippen molar-refractivity contribution in [1.29, 1.82) is 5.26 Å². The third-order valence-corrected chi connectivity index (χ3v) is 4.19. The number of nitrogens with zero attached hydrogens (tertiary/aromatic N) is 3. The molecule has 0 radical (unpaired) electrons. The van der Waals surface area contributed by atoms with Crippen LogP contribution in [0.4, 0.5) is 13.2 Å². The molecule has 1 heterocycles. The van der Waals surface area contributed by atoms with E-state index >= 15 is 0 Å². The second kappa shape index (κ2) is 6.67. The van der Waals surface area contributed by atoms with Gasteiger partial charge in [-0.3, -0.25) is 4.90 Å². The van der Waals surface area contributed by atoms with E-state index in [4.69, 9.17) is 0 Å². The summed E-state index contributed by atoms with van der Waals surface area (Å²) >= 11 is 0. The lowest BCUT2D eigenvalue weighted by Crippen LogP contribution is -2.52. The van der Waals surface area contributed by atoms with Crippen LogP contribution in [0.3, 0.4) is 0 Å². The Bertz CT molecular complexity index is 550. The van der Waals surface area contributed by atoms with E-state index in [9.17, 15) is 18.4 Å². The molecule has 3 nitrogen and oxygen atoms in total. The van der Waals surface area contributed by atoms with E-state index in [0.29, 0.717) is 12.1 Å². The molecule has 2 unspecified atom stereocenters. The molecule has 0 aliphatic carbocycles. The fraction of sp³-hybridized carbons (Fsp3) is 0.562. The first-order valence-electron chi connectivity index (χ1n) is 7.41. The number of hydrogen-bond donors (Lipinski definition) is 0. The normalized spacial score (nSPS) is 22.3. The summed E-state index contributed by atoms with van der Waals surface area (Å²) in [7, 11) is 0. The van der Waals surface area contributed by atoms with E-state index in [-0.39, 0.29) is 6.04 Å². The molecule has 22 heavy (non-hydrogen) atoms. The fourth-order valence-corrected chi connectivity index (χ4v) is 2.94. The van der Waals surface area contributed by atoms with Gasteiger partial charge in [-0.25, -0.2) is 0 Å². The van der Waals surface area contributed by atoms with Crippen molar-refractivity contribution < 1.29 is 13.2 Å². The first kappa shape index (κ1) is 16.8. The molecule has 120 valence electrons. The lowest BCUT2D eigenvalue weighted by atomic mass is 10.0. The summed E-state index contributed by atoms with van der Waals surface area (Å²) in [6, 6.07) is 6.76. The number of alkyl halides is 3. The van der Waals surface area contributed by atoms with Gasteiger partial charge in [0.2, 0.25) is 0 Å². The van der Waals surface area contributed by atoms with Crippen LogP contribution >= 0.6 is 0 Å². The van der Waals surface area contributed by atoms with Crippen LogP contribution in [0.15, 0.2) is 24.3 Å². The highest BCUT2D eigenvalue weighted by atomic mass is 19.4. The van der Waals surface area contributed by atoms with E-state index in [1.54, 1.807) is 6.07 Å². The van der Waals surface area contributed by atoms with Crippen molar-refractivity contribution in [3.05, 3.63) is 35.4 Å². The van der Waals surface area contributed by atoms with Gasteiger partial charge in [-0.2, -0.15) is 18.4 Å². The fourth-order valence-electron chi connectivity index (χ4n) is 2.94. The van der Waals surface area contributed by atoms with Crippen molar-refractivity contribution >= 4 is 0 Å². The van der Waals surface area contributed by atoms with Crippen molar-refractivity contribution in [2.75, 3.05) is 26.2 Å². The van der Waals surface area contributed by atoms with Crippen molar-refractivity contribution in [1.82, 2.24) is 9.80 Å². The quantitative estimate of drug-likeness (QED) is 0.858. The van der Waals surface area contributed by atoms with Gasteiger partial charge in [-0.05, 0) is 31.2 Å². The van der Waals surface area contributed by atoms with Gasteiger partial charge in [-0.1, -0.05) is 19.1 Å². The van der Waals surface area contributed by atoms with Crippen molar-refractivity contribution in [3.8, 4) is 6.07 Å². The Morgan fingerprint density at radius 3 is 2.64 bits per heavy atom. The summed E-state index contributed by atoms with van der Waals surface area (Å²) in [6.07, 6.45) is -4.39. The molecule has 2 atom stereocenters. The van der Waals surface area contributed by atoms with Gasteiger partial charge in [0.15, 0.2) is 0 Å². The van der Waals surface area contributed by atoms with Gasteiger partial charge in [0.1, 0.15) is 6.04 Å². The number of rotatable bonds is 3. The Balaban J connectivity index is 2.24. The Labute approximate surface area is 128 Å². The number of likely N-dealkylation sites (N-methyl/N-ethyl adjacent to an activating group) is 1. The molecular weight excluding hydrogens is 291 g/mol. The minimum Gasteiger partial charge on any atom is -0.301 e. The molecule has 0 amide bonds. The summed E-state index contributed by atoms with van der Waals surface area (Å²) in [4.78, 5) is 4.27. The van der Waals surface area contributed by atoms with Gasteiger partial charge in [0, 0.05) is 25.7 Å². The molecule has 0 N–H and O–H groups in total. The van der Waals surface area contributed by atoms with Gasteiger partial charge in [0.25, 0.3) is 0 Å². The second-order valence-electron chi connectivity index (χ2n) is 5.63. The monoisotopic (exact) mass is 311 g/mol. The summed E-state index contributed by atoms with van der Waals surface area (Å²) in [5.41, 5.74) is -0.292. The topological polar surface area (TPSA) is 30.3 Å². The summed E-state index contributed by atoms with van der Waals surface area (Å²) in [5.74, 6) is 0. The highest BCUT2D eigenvalue weighted by Crippen LogP contribution is 2.32. The Hall–Kier alpha value is -1.58. The average molecular weight is 311 g/mol. The van der Waals surface area contributed by atoms with Gasteiger partial charge in [-0.15, -0.1) is 0 Å². The standard InChI is InChI=1S/C16H20F3N3/c1-3-21-7-8-22(12(2)11-21)15(10-20)13-5-4-6-14(9-13)16(17,18)19/h4-6,9,12,15H,3,7-8,11H2,1-2H3. The zero-order chi connectivity index (χ0) is 16.3. The molecular formula is C16H20F3N3. The second-order valence-corrected chi connectivity index (χ2v) is 5.63. The maximum atomic E-state index is 12.8. The smallest absolute Gasteiger partial charge is 0.301 e. The Kier molecular flexibility index (Phi) is 5.09. The van der Waals surface area contributed by atoms with E-state index in [1.165, 1.54) is 6.07 Å². The lowest BCUT2D eigenvalue weighted by molar-refractivity contribution is -0.137. The molecule has 1 aliphatic heterocycles. The third-order valence-electron chi connectivity index (χ3n) is 4.19. The van der Waals surface area contributed by atoms with Crippen LogP contribution in [0.5, 0.6) is 0 Å². The SMILES string of the molecule is CCN1CCN(C(C#N)c2cccc(C(F)(F)F)c2)C(C)C1.